The number of benzene rings is 2. The van der Waals surface area contributed by atoms with Crippen LogP contribution in [-0.2, 0) is 30.3 Å². The summed E-state index contributed by atoms with van der Waals surface area (Å²) in [6.07, 6.45) is 4.87. The summed E-state index contributed by atoms with van der Waals surface area (Å²) in [6, 6.07) is 16.4. The number of amides is 1. The molecule has 0 aliphatic heterocycles. The maximum atomic E-state index is 13.8. The van der Waals surface area contributed by atoms with E-state index in [9.17, 15) is 19.6 Å². The lowest BCUT2D eigenvalue weighted by Crippen LogP contribution is -2.61. The third-order valence-electron chi connectivity index (χ3n) is 8.70. The molecule has 0 spiro atoms. The van der Waals surface area contributed by atoms with Crippen molar-refractivity contribution in [2.45, 2.75) is 51.0 Å². The van der Waals surface area contributed by atoms with Crippen molar-refractivity contribution in [1.29, 1.82) is 5.26 Å². The highest BCUT2D eigenvalue weighted by Gasteiger charge is 2.63. The molecule has 2 unspecified atom stereocenters. The van der Waals surface area contributed by atoms with Crippen LogP contribution in [0.5, 0.6) is 0 Å². The Morgan fingerprint density at radius 2 is 1.62 bits per heavy atom. The first-order valence-electron chi connectivity index (χ1n) is 12.9. The Labute approximate surface area is 217 Å². The second-order valence-corrected chi connectivity index (χ2v) is 11.1. The molecule has 4 saturated carbocycles. The van der Waals surface area contributed by atoms with Gasteiger partial charge in [0.25, 0.3) is 0 Å². The average molecular weight is 501 g/mol. The van der Waals surface area contributed by atoms with Crippen LogP contribution in [0, 0.1) is 34.0 Å². The topological polar surface area (TPSA) is 105 Å². The molecule has 7 heteroatoms. The van der Waals surface area contributed by atoms with Crippen LogP contribution in [-0.4, -0.2) is 38.1 Å². The summed E-state index contributed by atoms with van der Waals surface area (Å²) in [5.74, 6) is -0.219. The number of carbonyl (C=O) groups excluding carboxylic acids is 3. The number of nitrogens with one attached hydrogen (secondary N) is 1. The Hall–Kier alpha value is -3.66. The smallest absolute Gasteiger partial charge is 0.328 e. The first-order valence-corrected chi connectivity index (χ1v) is 12.9. The fourth-order valence-electron chi connectivity index (χ4n) is 7.52. The van der Waals surface area contributed by atoms with E-state index in [1.807, 2.05) is 42.5 Å². The largest absolute Gasteiger partial charge is 0.469 e. The predicted molar refractivity (Wildman–Crippen MR) is 136 cm³/mol. The van der Waals surface area contributed by atoms with Crippen molar-refractivity contribution >= 4 is 17.8 Å². The van der Waals surface area contributed by atoms with E-state index in [1.54, 1.807) is 6.07 Å². The Kier molecular flexibility index (Phi) is 6.53. The van der Waals surface area contributed by atoms with Crippen LogP contribution in [0.15, 0.2) is 48.5 Å². The maximum Gasteiger partial charge on any atom is 0.328 e. The summed E-state index contributed by atoms with van der Waals surface area (Å²) >= 11 is 0. The zero-order valence-corrected chi connectivity index (χ0v) is 21.3. The molecule has 0 heterocycles. The van der Waals surface area contributed by atoms with Crippen molar-refractivity contribution in [3.63, 3.8) is 0 Å². The fraction of sp³-hybridized carbons (Fsp3) is 0.467. The molecule has 6 rings (SSSR count). The van der Waals surface area contributed by atoms with E-state index in [0.717, 1.165) is 48.8 Å². The first kappa shape index (κ1) is 25.0. The van der Waals surface area contributed by atoms with E-state index in [1.165, 1.54) is 14.2 Å². The van der Waals surface area contributed by atoms with Gasteiger partial charge < -0.3 is 14.8 Å². The van der Waals surface area contributed by atoms with Gasteiger partial charge in [-0.15, -0.1) is 0 Å². The van der Waals surface area contributed by atoms with Crippen LogP contribution in [0.25, 0.3) is 11.1 Å². The van der Waals surface area contributed by atoms with Gasteiger partial charge in [0.1, 0.15) is 6.04 Å². The highest BCUT2D eigenvalue weighted by Crippen LogP contribution is 2.65. The molecule has 0 saturated heterocycles. The highest BCUT2D eigenvalue weighted by molar-refractivity contribution is 5.90. The molecule has 4 aliphatic carbocycles. The van der Waals surface area contributed by atoms with Gasteiger partial charge in [-0.25, -0.2) is 4.79 Å². The summed E-state index contributed by atoms with van der Waals surface area (Å²) in [6.45, 7) is 0. The highest BCUT2D eigenvalue weighted by atomic mass is 16.5. The Bertz CT molecular complexity index is 1250. The molecular weight excluding hydrogens is 468 g/mol. The van der Waals surface area contributed by atoms with E-state index in [-0.39, 0.29) is 18.3 Å². The van der Waals surface area contributed by atoms with Gasteiger partial charge in [-0.05, 0) is 73.1 Å². The van der Waals surface area contributed by atoms with Crippen molar-refractivity contribution in [1.82, 2.24) is 5.32 Å². The second kappa shape index (κ2) is 9.66. The SMILES string of the molecule is COC(=O)[C@H](Cc1ccc(-c2ccccc2C#N)cc1)NC(=O)C12CC3CC(C1)CC(C(=O)OC)(C3)C2. The number of esters is 2. The number of methoxy groups -OCH3 is 2. The van der Waals surface area contributed by atoms with Crippen LogP contribution in [0.2, 0.25) is 0 Å². The monoisotopic (exact) mass is 500 g/mol. The standard InChI is InChI=1S/C30H32N2O5/c1-36-26(33)25(12-19-7-9-22(10-8-19)24-6-4-3-5-23(24)17-31)32-27(34)29-13-20-11-21(14-29)16-30(15-20,18-29)28(35)37-2/h3-10,20-21,25H,11-16,18H2,1-2H3,(H,32,34)/t20?,21?,25-,29?,30?/m0/s1. The number of rotatable bonds is 7. The molecule has 4 aliphatic rings. The zero-order chi connectivity index (χ0) is 26.2. The molecule has 2 aromatic carbocycles. The van der Waals surface area contributed by atoms with Crippen LogP contribution in [0.4, 0.5) is 0 Å². The number of nitriles is 1. The van der Waals surface area contributed by atoms with Gasteiger partial charge in [-0.3, -0.25) is 9.59 Å². The average Bonchev–Trinajstić information content (AvgIpc) is 2.91. The van der Waals surface area contributed by atoms with Crippen LogP contribution in [0.3, 0.4) is 0 Å². The Morgan fingerprint density at radius 3 is 2.24 bits per heavy atom. The molecule has 1 N–H and O–H groups in total. The van der Waals surface area contributed by atoms with Crippen LogP contribution in [0.1, 0.15) is 49.7 Å². The third-order valence-corrected chi connectivity index (χ3v) is 8.70. The Balaban J connectivity index is 1.34. The van der Waals surface area contributed by atoms with Gasteiger partial charge in [0.15, 0.2) is 0 Å². The van der Waals surface area contributed by atoms with Gasteiger partial charge in [-0.1, -0.05) is 42.5 Å². The molecule has 37 heavy (non-hydrogen) atoms. The molecule has 7 nitrogen and oxygen atoms in total. The normalized spacial score (nSPS) is 28.1. The lowest BCUT2D eigenvalue weighted by Gasteiger charge is -2.59. The van der Waals surface area contributed by atoms with Crippen molar-refractivity contribution < 1.29 is 23.9 Å². The number of hydrogen-bond donors (Lipinski definition) is 1. The summed E-state index contributed by atoms with van der Waals surface area (Å²) in [5, 5.41) is 12.4. The minimum Gasteiger partial charge on any atom is -0.469 e. The second-order valence-electron chi connectivity index (χ2n) is 11.1. The molecule has 0 radical (unpaired) electrons. The Morgan fingerprint density at radius 1 is 0.973 bits per heavy atom. The summed E-state index contributed by atoms with van der Waals surface area (Å²) in [4.78, 5) is 39.3. The molecule has 192 valence electrons. The van der Waals surface area contributed by atoms with Crippen LogP contribution >= 0.6 is 0 Å². The van der Waals surface area contributed by atoms with E-state index in [4.69, 9.17) is 9.47 Å². The van der Waals surface area contributed by atoms with E-state index < -0.39 is 22.8 Å². The maximum absolute atomic E-state index is 13.8. The number of ether oxygens (including phenoxy) is 2. The van der Waals surface area contributed by atoms with Crippen molar-refractivity contribution in [2.75, 3.05) is 14.2 Å². The van der Waals surface area contributed by atoms with Crippen molar-refractivity contribution in [2.24, 2.45) is 22.7 Å². The van der Waals surface area contributed by atoms with Crippen LogP contribution < -0.4 is 5.32 Å². The number of hydrogen-bond acceptors (Lipinski definition) is 6. The number of nitrogens with zero attached hydrogens (tertiary/aromatic N) is 1. The minimum atomic E-state index is -0.836. The molecule has 0 aromatic heterocycles. The van der Waals surface area contributed by atoms with Gasteiger partial charge in [0.05, 0.1) is 36.7 Å². The third kappa shape index (κ3) is 4.50. The summed E-state index contributed by atoms with van der Waals surface area (Å²) < 4.78 is 10.2. The lowest BCUT2D eigenvalue weighted by molar-refractivity contribution is -0.182. The first-order chi connectivity index (χ1) is 17.8. The van der Waals surface area contributed by atoms with Gasteiger partial charge >= 0.3 is 11.9 Å². The quantitative estimate of drug-likeness (QED) is 0.572. The van der Waals surface area contributed by atoms with E-state index in [2.05, 4.69) is 11.4 Å². The van der Waals surface area contributed by atoms with E-state index >= 15 is 0 Å². The van der Waals surface area contributed by atoms with Gasteiger partial charge in [0.2, 0.25) is 5.91 Å². The summed E-state index contributed by atoms with van der Waals surface area (Å²) in [7, 11) is 2.74. The lowest BCUT2D eigenvalue weighted by atomic mass is 9.44. The zero-order valence-electron chi connectivity index (χ0n) is 21.3. The molecule has 4 bridgehead atoms. The molecule has 2 aromatic rings. The van der Waals surface area contributed by atoms with Gasteiger partial charge in [-0.2, -0.15) is 5.26 Å². The summed E-state index contributed by atoms with van der Waals surface area (Å²) in [5.41, 5.74) is 1.96. The predicted octanol–water partition coefficient (Wildman–Crippen LogP) is 4.19. The number of carbonyl (C=O) groups is 3. The molecule has 3 atom stereocenters. The van der Waals surface area contributed by atoms with Gasteiger partial charge in [0, 0.05) is 6.42 Å². The van der Waals surface area contributed by atoms with Crippen molar-refractivity contribution in [3.05, 3.63) is 59.7 Å². The fourth-order valence-corrected chi connectivity index (χ4v) is 7.52. The molecular formula is C30H32N2O5. The van der Waals surface area contributed by atoms with E-state index in [0.29, 0.717) is 23.8 Å². The molecule has 1 amide bonds. The van der Waals surface area contributed by atoms with Crippen molar-refractivity contribution in [3.8, 4) is 17.2 Å². The molecule has 4 fully saturated rings. The minimum absolute atomic E-state index is 0.162.